The maximum atomic E-state index is 12.0. The van der Waals surface area contributed by atoms with E-state index in [9.17, 15) is 9.59 Å². The zero-order valence-electron chi connectivity index (χ0n) is 12.0. The van der Waals surface area contributed by atoms with E-state index >= 15 is 0 Å². The number of carbonyl (C=O) groups excluding carboxylic acids is 2. The number of carbonyl (C=O) groups is 2. The van der Waals surface area contributed by atoms with Crippen LogP contribution in [0, 0.1) is 11.3 Å². The van der Waals surface area contributed by atoms with Crippen LogP contribution in [0.4, 0.5) is 5.00 Å². The van der Waals surface area contributed by atoms with Crippen molar-refractivity contribution < 1.29 is 18.7 Å². The molecule has 0 unspecified atom stereocenters. The van der Waals surface area contributed by atoms with Crippen LogP contribution >= 0.6 is 22.9 Å². The number of fused-ring (bicyclic) bond motifs is 1. The number of esters is 1. The molecule has 3 aromatic rings. The maximum Gasteiger partial charge on any atom is 0.374 e. The van der Waals surface area contributed by atoms with E-state index < -0.39 is 18.5 Å². The summed E-state index contributed by atoms with van der Waals surface area (Å²) < 4.78 is 10.3. The zero-order valence-corrected chi connectivity index (χ0v) is 13.6. The highest BCUT2D eigenvalue weighted by molar-refractivity contribution is 7.14. The lowest BCUT2D eigenvalue weighted by Crippen LogP contribution is -2.20. The Morgan fingerprint density at radius 1 is 1.33 bits per heavy atom. The van der Waals surface area contributed by atoms with Gasteiger partial charge in [-0.05, 0) is 35.7 Å². The van der Waals surface area contributed by atoms with E-state index in [1.54, 1.807) is 29.6 Å². The first-order valence-corrected chi connectivity index (χ1v) is 7.96. The van der Waals surface area contributed by atoms with Crippen LogP contribution in [0.5, 0.6) is 0 Å². The second-order valence-electron chi connectivity index (χ2n) is 4.69. The number of hydrogen-bond donors (Lipinski definition) is 1. The van der Waals surface area contributed by atoms with Gasteiger partial charge in [0, 0.05) is 10.4 Å². The average Bonchev–Trinajstić information content (AvgIpc) is 3.18. The number of rotatable bonds is 4. The lowest BCUT2D eigenvalue weighted by atomic mass is 10.2. The minimum absolute atomic E-state index is 0.0195. The highest BCUT2D eigenvalue weighted by Gasteiger charge is 2.16. The fourth-order valence-electron chi connectivity index (χ4n) is 1.97. The fraction of sp³-hybridized carbons (Fsp3) is 0.0625. The molecule has 0 aliphatic carbocycles. The standard InChI is InChI=1S/C16H9ClN2O4S/c17-11-1-2-12-10(5-11)6-13(23-12)16(21)22-8-14(20)19-15-9(7-18)3-4-24-15/h1-6H,8H2,(H,19,20). The molecule has 2 aromatic heterocycles. The number of amides is 1. The van der Waals surface area contributed by atoms with Gasteiger partial charge in [-0.3, -0.25) is 4.79 Å². The van der Waals surface area contributed by atoms with Crippen LogP contribution in [-0.4, -0.2) is 18.5 Å². The van der Waals surface area contributed by atoms with E-state index in [-0.39, 0.29) is 5.76 Å². The number of thiophene rings is 1. The molecule has 1 N–H and O–H groups in total. The number of hydrogen-bond acceptors (Lipinski definition) is 6. The molecule has 8 heteroatoms. The Morgan fingerprint density at radius 2 is 2.17 bits per heavy atom. The third-order valence-electron chi connectivity index (χ3n) is 3.05. The third kappa shape index (κ3) is 3.40. The van der Waals surface area contributed by atoms with Gasteiger partial charge in [0.25, 0.3) is 5.91 Å². The van der Waals surface area contributed by atoms with E-state index in [1.807, 2.05) is 6.07 Å². The number of benzene rings is 1. The normalized spacial score (nSPS) is 10.3. The molecule has 2 heterocycles. The minimum atomic E-state index is -0.760. The van der Waals surface area contributed by atoms with Gasteiger partial charge >= 0.3 is 5.97 Å². The monoisotopic (exact) mass is 360 g/mol. The van der Waals surface area contributed by atoms with Crippen LogP contribution in [-0.2, 0) is 9.53 Å². The zero-order chi connectivity index (χ0) is 17.1. The first-order valence-electron chi connectivity index (χ1n) is 6.70. The Bertz CT molecular complexity index is 970. The molecule has 0 saturated carbocycles. The number of furan rings is 1. The van der Waals surface area contributed by atoms with Crippen molar-refractivity contribution in [1.82, 2.24) is 0 Å². The smallest absolute Gasteiger partial charge is 0.374 e. The van der Waals surface area contributed by atoms with Crippen LogP contribution in [0.3, 0.4) is 0 Å². The number of anilines is 1. The molecule has 0 spiro atoms. The molecule has 0 atom stereocenters. The van der Waals surface area contributed by atoms with Gasteiger partial charge in [-0.15, -0.1) is 11.3 Å². The second-order valence-corrected chi connectivity index (χ2v) is 6.04. The van der Waals surface area contributed by atoms with Gasteiger partial charge < -0.3 is 14.5 Å². The second kappa shape index (κ2) is 6.74. The summed E-state index contributed by atoms with van der Waals surface area (Å²) >= 11 is 7.08. The van der Waals surface area contributed by atoms with Crippen molar-refractivity contribution in [2.75, 3.05) is 11.9 Å². The molecule has 0 aliphatic rings. The number of nitriles is 1. The molecule has 24 heavy (non-hydrogen) atoms. The van der Waals surface area contributed by atoms with Crippen LogP contribution < -0.4 is 5.32 Å². The summed E-state index contributed by atoms with van der Waals surface area (Å²) in [5, 5.41) is 14.7. The Labute approximate surface area is 145 Å². The van der Waals surface area contributed by atoms with Crippen molar-refractivity contribution in [3.63, 3.8) is 0 Å². The number of nitrogens with zero attached hydrogens (tertiary/aromatic N) is 1. The van der Waals surface area contributed by atoms with Gasteiger partial charge in [0.2, 0.25) is 5.76 Å². The maximum absolute atomic E-state index is 12.0. The summed E-state index contributed by atoms with van der Waals surface area (Å²) in [5.41, 5.74) is 0.849. The molecule has 0 radical (unpaired) electrons. The Morgan fingerprint density at radius 3 is 2.96 bits per heavy atom. The topological polar surface area (TPSA) is 92.3 Å². The van der Waals surface area contributed by atoms with Gasteiger partial charge in [-0.2, -0.15) is 5.26 Å². The molecular weight excluding hydrogens is 352 g/mol. The third-order valence-corrected chi connectivity index (χ3v) is 4.12. The molecular formula is C16H9ClN2O4S. The minimum Gasteiger partial charge on any atom is -0.450 e. The van der Waals surface area contributed by atoms with E-state index in [2.05, 4.69) is 5.32 Å². The van der Waals surface area contributed by atoms with Crippen molar-refractivity contribution in [1.29, 1.82) is 5.26 Å². The summed E-state index contributed by atoms with van der Waals surface area (Å²) in [6.07, 6.45) is 0. The van der Waals surface area contributed by atoms with Crippen LogP contribution in [0.25, 0.3) is 11.0 Å². The summed E-state index contributed by atoms with van der Waals surface area (Å²) in [6.45, 7) is -0.487. The largest absolute Gasteiger partial charge is 0.450 e. The van der Waals surface area contributed by atoms with Gasteiger partial charge in [0.1, 0.15) is 16.7 Å². The Balaban J connectivity index is 1.62. The van der Waals surface area contributed by atoms with Crippen molar-refractivity contribution >= 4 is 50.8 Å². The lowest BCUT2D eigenvalue weighted by Gasteiger charge is -2.04. The van der Waals surface area contributed by atoms with Gasteiger partial charge in [-0.1, -0.05) is 11.6 Å². The molecule has 120 valence electrons. The molecule has 6 nitrogen and oxygen atoms in total. The van der Waals surface area contributed by atoms with Gasteiger partial charge in [-0.25, -0.2) is 4.79 Å². The van der Waals surface area contributed by atoms with E-state index in [0.29, 0.717) is 26.6 Å². The first-order chi connectivity index (χ1) is 11.6. The van der Waals surface area contributed by atoms with E-state index in [0.717, 1.165) is 0 Å². The molecule has 0 fully saturated rings. The summed E-state index contributed by atoms with van der Waals surface area (Å²) in [5.74, 6) is -1.32. The highest BCUT2D eigenvalue weighted by Crippen LogP contribution is 2.24. The SMILES string of the molecule is N#Cc1ccsc1NC(=O)COC(=O)c1cc2cc(Cl)ccc2o1. The fourth-order valence-corrected chi connectivity index (χ4v) is 2.91. The molecule has 0 aliphatic heterocycles. The highest BCUT2D eigenvalue weighted by atomic mass is 35.5. The summed E-state index contributed by atoms with van der Waals surface area (Å²) in [6, 6.07) is 9.98. The molecule has 1 aromatic carbocycles. The molecule has 0 bridgehead atoms. The van der Waals surface area contributed by atoms with E-state index in [1.165, 1.54) is 17.4 Å². The summed E-state index contributed by atoms with van der Waals surface area (Å²) in [4.78, 5) is 23.7. The van der Waals surface area contributed by atoms with Gasteiger partial charge in [0.05, 0.1) is 5.56 Å². The predicted octanol–water partition coefficient (Wildman–Crippen LogP) is 3.81. The number of nitrogens with one attached hydrogen (secondary N) is 1. The quantitative estimate of drug-likeness (QED) is 0.714. The summed E-state index contributed by atoms with van der Waals surface area (Å²) in [7, 11) is 0. The Hall–Kier alpha value is -2.82. The van der Waals surface area contributed by atoms with Crippen molar-refractivity contribution in [3.8, 4) is 6.07 Å². The van der Waals surface area contributed by atoms with Crippen molar-refractivity contribution in [3.05, 3.63) is 52.1 Å². The average molecular weight is 361 g/mol. The first kappa shape index (κ1) is 16.1. The number of halogens is 1. The van der Waals surface area contributed by atoms with Gasteiger partial charge in [0.15, 0.2) is 6.61 Å². The van der Waals surface area contributed by atoms with Crippen LogP contribution in [0.1, 0.15) is 16.1 Å². The van der Waals surface area contributed by atoms with Crippen LogP contribution in [0.2, 0.25) is 5.02 Å². The van der Waals surface area contributed by atoms with E-state index in [4.69, 9.17) is 26.0 Å². The van der Waals surface area contributed by atoms with Crippen molar-refractivity contribution in [2.45, 2.75) is 0 Å². The van der Waals surface area contributed by atoms with Crippen molar-refractivity contribution in [2.24, 2.45) is 0 Å². The lowest BCUT2D eigenvalue weighted by molar-refractivity contribution is -0.119. The molecule has 3 rings (SSSR count). The predicted molar refractivity (Wildman–Crippen MR) is 89.2 cm³/mol. The number of ether oxygens (including phenoxy) is 1. The molecule has 1 amide bonds. The Kier molecular flexibility index (Phi) is 4.51. The van der Waals surface area contributed by atoms with Crippen LogP contribution in [0.15, 0.2) is 40.1 Å². The molecule has 0 saturated heterocycles.